The minimum absolute atomic E-state index is 0.251. The van der Waals surface area contributed by atoms with Crippen LogP contribution in [0.25, 0.3) is 6.08 Å². The van der Waals surface area contributed by atoms with E-state index >= 15 is 0 Å². The fraction of sp³-hybridized carbons (Fsp3) is 0.121. The molecule has 6 heteroatoms. The van der Waals surface area contributed by atoms with E-state index in [1.165, 1.54) is 24.3 Å². The molecule has 0 unspecified atom stereocenters. The summed E-state index contributed by atoms with van der Waals surface area (Å²) < 4.78 is 13.9. The predicted molar refractivity (Wildman–Crippen MR) is 146 cm³/mol. The number of hydrogen-bond acceptors (Lipinski definition) is 4. The topological polar surface area (TPSA) is 66.5 Å². The molecule has 190 valence electrons. The molecule has 1 N–H and O–H groups in total. The zero-order valence-corrected chi connectivity index (χ0v) is 20.8. The first-order valence-corrected chi connectivity index (χ1v) is 12.9. The van der Waals surface area contributed by atoms with E-state index in [0.29, 0.717) is 16.8 Å². The van der Waals surface area contributed by atoms with Crippen LogP contribution in [0.1, 0.15) is 43.4 Å². The van der Waals surface area contributed by atoms with Gasteiger partial charge in [0.05, 0.1) is 12.0 Å². The number of carbonyl (C=O) groups is 3. The Bertz CT molecular complexity index is 1680. The second kappa shape index (κ2) is 8.60. The number of rotatable bonds is 4. The van der Waals surface area contributed by atoms with Gasteiger partial charge in [0.25, 0.3) is 0 Å². The summed E-state index contributed by atoms with van der Waals surface area (Å²) in [6.45, 7) is 0. The molecule has 0 aliphatic carbocycles. The lowest BCUT2D eigenvalue weighted by molar-refractivity contribution is -0.122. The standard InChI is InChI=1S/C33H23FN2O3/c34-23-16-14-22(15-17-23)29(37)27-28(30(38)21-9-2-1-3-10-21)36-19-18-20-8-4-5-11-24(20)31(36)33(27)25-12-6-7-13-26(25)35-32(33)39/h1-19,27-28,31H,(H,35,39)/t27-,28-,31+,33+/m1/s1. The summed E-state index contributed by atoms with van der Waals surface area (Å²) in [5.74, 6) is -2.51. The summed E-state index contributed by atoms with van der Waals surface area (Å²) in [5, 5.41) is 3.03. The zero-order chi connectivity index (χ0) is 26.7. The molecule has 4 atom stereocenters. The average Bonchev–Trinajstić information content (AvgIpc) is 3.45. The average molecular weight is 515 g/mol. The molecule has 0 radical (unpaired) electrons. The maximum Gasteiger partial charge on any atom is 0.238 e. The molecule has 7 rings (SSSR count). The Hall–Kier alpha value is -4.84. The number of nitrogens with one attached hydrogen (secondary N) is 1. The van der Waals surface area contributed by atoms with Gasteiger partial charge in [-0.15, -0.1) is 0 Å². The third-order valence-electron chi connectivity index (χ3n) is 8.31. The van der Waals surface area contributed by atoms with Crippen molar-refractivity contribution in [3.63, 3.8) is 0 Å². The fourth-order valence-corrected chi connectivity index (χ4v) is 6.73. The van der Waals surface area contributed by atoms with Crippen LogP contribution < -0.4 is 5.32 Å². The van der Waals surface area contributed by atoms with Crippen molar-refractivity contribution in [1.29, 1.82) is 0 Å². The van der Waals surface area contributed by atoms with E-state index < -0.39 is 29.2 Å². The highest BCUT2D eigenvalue weighted by Crippen LogP contribution is 2.62. The number of carbonyl (C=O) groups excluding carboxylic acids is 3. The molecule has 3 aliphatic heterocycles. The highest BCUT2D eigenvalue weighted by molar-refractivity contribution is 6.16. The molecular weight excluding hydrogens is 491 g/mol. The zero-order valence-electron chi connectivity index (χ0n) is 20.8. The third-order valence-corrected chi connectivity index (χ3v) is 8.31. The number of benzene rings is 4. The summed E-state index contributed by atoms with van der Waals surface area (Å²) in [4.78, 5) is 45.2. The number of ketones is 2. The summed E-state index contributed by atoms with van der Waals surface area (Å²) in [6.07, 6.45) is 3.76. The molecule has 1 spiro atoms. The van der Waals surface area contributed by atoms with E-state index in [0.717, 1.165) is 11.1 Å². The molecule has 3 aliphatic rings. The van der Waals surface area contributed by atoms with Crippen LogP contribution in [0.5, 0.6) is 0 Å². The number of halogens is 1. The summed E-state index contributed by atoms with van der Waals surface area (Å²) >= 11 is 0. The van der Waals surface area contributed by atoms with Crippen molar-refractivity contribution in [3.05, 3.63) is 143 Å². The van der Waals surface area contributed by atoms with Crippen LogP contribution in [0.2, 0.25) is 0 Å². The Morgan fingerprint density at radius 2 is 1.44 bits per heavy atom. The van der Waals surface area contributed by atoms with Crippen LogP contribution in [0.4, 0.5) is 10.1 Å². The van der Waals surface area contributed by atoms with Crippen LogP contribution in [0, 0.1) is 11.7 Å². The molecular formula is C33H23FN2O3. The second-order valence-electron chi connectivity index (χ2n) is 10.2. The maximum absolute atomic E-state index is 14.6. The van der Waals surface area contributed by atoms with Crippen LogP contribution in [0.3, 0.4) is 0 Å². The molecule has 1 saturated heterocycles. The van der Waals surface area contributed by atoms with Gasteiger partial charge < -0.3 is 10.2 Å². The Labute approximate surface area is 224 Å². The van der Waals surface area contributed by atoms with Crippen molar-refractivity contribution < 1.29 is 18.8 Å². The number of para-hydroxylation sites is 1. The molecule has 1 fully saturated rings. The SMILES string of the molecule is O=C(c1ccccc1)[C@H]1[C@H](C(=O)c2ccc(F)cc2)[C@]2(C(=O)Nc3ccccc32)[C@@H]2c3ccccc3C=CN21. The Kier molecular flexibility index (Phi) is 5.13. The molecule has 4 aromatic carbocycles. The van der Waals surface area contributed by atoms with Crippen molar-refractivity contribution >= 4 is 29.2 Å². The number of Topliss-reactive ketones (excluding diaryl/α,β-unsaturated/α-hetero) is 2. The smallest absolute Gasteiger partial charge is 0.238 e. The number of nitrogens with zero attached hydrogens (tertiary/aromatic N) is 1. The monoisotopic (exact) mass is 514 g/mol. The van der Waals surface area contributed by atoms with Crippen LogP contribution in [-0.4, -0.2) is 28.4 Å². The van der Waals surface area contributed by atoms with Gasteiger partial charge in [0.15, 0.2) is 11.6 Å². The highest BCUT2D eigenvalue weighted by Gasteiger charge is 2.70. The molecule has 0 aromatic heterocycles. The quantitative estimate of drug-likeness (QED) is 0.349. The lowest BCUT2D eigenvalue weighted by Crippen LogP contribution is -2.49. The Morgan fingerprint density at radius 1 is 0.769 bits per heavy atom. The highest BCUT2D eigenvalue weighted by atomic mass is 19.1. The van der Waals surface area contributed by atoms with Crippen LogP contribution in [-0.2, 0) is 10.2 Å². The molecule has 1 amide bonds. The first-order valence-electron chi connectivity index (χ1n) is 12.9. The van der Waals surface area contributed by atoms with Gasteiger partial charge in [-0.05, 0) is 53.1 Å². The molecule has 0 bridgehead atoms. The van der Waals surface area contributed by atoms with E-state index in [-0.39, 0.29) is 23.0 Å². The Balaban J connectivity index is 1.54. The second-order valence-corrected chi connectivity index (χ2v) is 10.2. The van der Waals surface area contributed by atoms with Crippen molar-refractivity contribution in [3.8, 4) is 0 Å². The number of fused-ring (bicyclic) bond motifs is 6. The van der Waals surface area contributed by atoms with Crippen molar-refractivity contribution in [2.75, 3.05) is 5.32 Å². The van der Waals surface area contributed by atoms with E-state index in [1.807, 2.05) is 71.8 Å². The van der Waals surface area contributed by atoms with Crippen molar-refractivity contribution in [2.24, 2.45) is 5.92 Å². The first-order chi connectivity index (χ1) is 19.0. The van der Waals surface area contributed by atoms with Gasteiger partial charge in [-0.2, -0.15) is 0 Å². The first kappa shape index (κ1) is 23.3. The number of amides is 1. The third kappa shape index (κ3) is 3.21. The maximum atomic E-state index is 14.6. The summed E-state index contributed by atoms with van der Waals surface area (Å²) in [6, 6.07) is 27.7. The molecule has 39 heavy (non-hydrogen) atoms. The minimum atomic E-state index is -1.40. The molecule has 4 aromatic rings. The summed E-state index contributed by atoms with van der Waals surface area (Å²) in [7, 11) is 0. The van der Waals surface area contributed by atoms with Crippen LogP contribution >= 0.6 is 0 Å². The van der Waals surface area contributed by atoms with Crippen molar-refractivity contribution in [2.45, 2.75) is 17.5 Å². The minimum Gasteiger partial charge on any atom is -0.358 e. The van der Waals surface area contributed by atoms with Gasteiger partial charge in [-0.25, -0.2) is 4.39 Å². The fourth-order valence-electron chi connectivity index (χ4n) is 6.73. The van der Waals surface area contributed by atoms with Gasteiger partial charge in [-0.1, -0.05) is 72.8 Å². The number of hydrogen-bond donors (Lipinski definition) is 1. The lowest BCUT2D eigenvalue weighted by Gasteiger charge is -2.38. The Morgan fingerprint density at radius 3 is 2.23 bits per heavy atom. The normalized spacial score (nSPS) is 24.2. The van der Waals surface area contributed by atoms with Gasteiger partial charge in [0.2, 0.25) is 5.91 Å². The van der Waals surface area contributed by atoms with E-state index in [2.05, 4.69) is 5.32 Å². The molecule has 3 heterocycles. The molecule has 5 nitrogen and oxygen atoms in total. The van der Waals surface area contributed by atoms with Crippen molar-refractivity contribution in [1.82, 2.24) is 4.90 Å². The molecule has 0 saturated carbocycles. The van der Waals surface area contributed by atoms with E-state index in [1.54, 1.807) is 24.3 Å². The predicted octanol–water partition coefficient (Wildman–Crippen LogP) is 5.81. The van der Waals surface area contributed by atoms with E-state index in [4.69, 9.17) is 0 Å². The van der Waals surface area contributed by atoms with Crippen LogP contribution in [0.15, 0.2) is 109 Å². The number of anilines is 1. The van der Waals surface area contributed by atoms with E-state index in [9.17, 15) is 18.8 Å². The van der Waals surface area contributed by atoms with Gasteiger partial charge in [-0.3, -0.25) is 14.4 Å². The van der Waals surface area contributed by atoms with Gasteiger partial charge in [0, 0.05) is 23.0 Å². The van der Waals surface area contributed by atoms with Gasteiger partial charge in [0.1, 0.15) is 17.3 Å². The van der Waals surface area contributed by atoms with Gasteiger partial charge >= 0.3 is 0 Å². The largest absolute Gasteiger partial charge is 0.358 e. The summed E-state index contributed by atoms with van der Waals surface area (Å²) in [5.41, 5.74) is 2.40. The lowest BCUT2D eigenvalue weighted by atomic mass is 9.62.